The molecule has 21 heavy (non-hydrogen) atoms. The van der Waals surface area contributed by atoms with Crippen LogP contribution in [0.1, 0.15) is 6.42 Å². The Bertz CT molecular complexity index is 580. The lowest BCUT2D eigenvalue weighted by Gasteiger charge is -2.15. The molecule has 1 aliphatic rings. The van der Waals surface area contributed by atoms with Crippen molar-refractivity contribution in [3.05, 3.63) is 29.6 Å². The SMILES string of the molecule is O=C(CN1CCC(C(=O)O)C1)Nc1ccc(F)c(F)c1F. The number of nitrogens with zero attached hydrogens (tertiary/aromatic N) is 1. The highest BCUT2D eigenvalue weighted by atomic mass is 19.2. The number of hydrogen-bond acceptors (Lipinski definition) is 3. The number of halogens is 3. The van der Waals surface area contributed by atoms with Crippen LogP contribution in [0.2, 0.25) is 0 Å². The van der Waals surface area contributed by atoms with E-state index in [9.17, 15) is 22.8 Å². The van der Waals surface area contributed by atoms with Crippen molar-refractivity contribution in [1.82, 2.24) is 4.90 Å². The summed E-state index contributed by atoms with van der Waals surface area (Å²) in [6, 6.07) is 1.64. The number of carboxylic acid groups (broad SMARTS) is 1. The number of aliphatic carboxylic acids is 1. The molecule has 1 heterocycles. The number of nitrogens with one attached hydrogen (secondary N) is 1. The molecule has 2 N–H and O–H groups in total. The van der Waals surface area contributed by atoms with E-state index in [1.165, 1.54) is 0 Å². The molecular weight excluding hydrogens is 289 g/mol. The lowest BCUT2D eigenvalue weighted by Crippen LogP contribution is -2.32. The average molecular weight is 302 g/mol. The van der Waals surface area contributed by atoms with Gasteiger partial charge in [-0.25, -0.2) is 13.2 Å². The third kappa shape index (κ3) is 3.52. The Hall–Kier alpha value is -2.09. The van der Waals surface area contributed by atoms with E-state index in [0.717, 1.165) is 6.07 Å². The molecule has 1 atom stereocenters. The zero-order valence-electron chi connectivity index (χ0n) is 10.9. The fourth-order valence-electron chi connectivity index (χ4n) is 2.19. The van der Waals surface area contributed by atoms with Gasteiger partial charge in [0.05, 0.1) is 18.2 Å². The number of rotatable bonds is 4. The molecule has 0 spiro atoms. The summed E-state index contributed by atoms with van der Waals surface area (Å²) in [5.41, 5.74) is -0.451. The molecular formula is C13H13F3N2O3. The van der Waals surface area contributed by atoms with E-state index >= 15 is 0 Å². The zero-order valence-corrected chi connectivity index (χ0v) is 10.9. The van der Waals surface area contributed by atoms with Crippen molar-refractivity contribution < 1.29 is 27.9 Å². The van der Waals surface area contributed by atoms with Crippen LogP contribution in [0.4, 0.5) is 18.9 Å². The van der Waals surface area contributed by atoms with E-state index < -0.39 is 40.9 Å². The molecule has 8 heteroatoms. The minimum atomic E-state index is -1.65. The van der Waals surface area contributed by atoms with Gasteiger partial charge in [-0.05, 0) is 25.1 Å². The van der Waals surface area contributed by atoms with Crippen LogP contribution in [-0.2, 0) is 9.59 Å². The van der Waals surface area contributed by atoms with Gasteiger partial charge in [0.1, 0.15) is 0 Å². The average Bonchev–Trinajstić information content (AvgIpc) is 2.88. The van der Waals surface area contributed by atoms with Gasteiger partial charge >= 0.3 is 5.97 Å². The van der Waals surface area contributed by atoms with Crippen LogP contribution in [0.25, 0.3) is 0 Å². The van der Waals surface area contributed by atoms with Gasteiger partial charge < -0.3 is 10.4 Å². The summed E-state index contributed by atoms with van der Waals surface area (Å²) in [5, 5.41) is 11.0. The second-order valence-electron chi connectivity index (χ2n) is 4.83. The van der Waals surface area contributed by atoms with Gasteiger partial charge in [-0.1, -0.05) is 0 Å². The number of carbonyl (C=O) groups excluding carboxylic acids is 1. The molecule has 1 aromatic carbocycles. The minimum Gasteiger partial charge on any atom is -0.481 e. The Morgan fingerprint density at radius 2 is 2.00 bits per heavy atom. The highest BCUT2D eigenvalue weighted by molar-refractivity contribution is 5.92. The standard InChI is InChI=1S/C13H13F3N2O3/c14-8-1-2-9(12(16)11(8)15)17-10(19)6-18-4-3-7(5-18)13(20)21/h1-2,7H,3-6H2,(H,17,19)(H,20,21). The number of amides is 1. The van der Waals surface area contributed by atoms with E-state index in [2.05, 4.69) is 5.32 Å². The first-order valence-electron chi connectivity index (χ1n) is 6.27. The second-order valence-corrected chi connectivity index (χ2v) is 4.83. The van der Waals surface area contributed by atoms with Gasteiger partial charge in [0, 0.05) is 6.54 Å². The van der Waals surface area contributed by atoms with Crippen molar-refractivity contribution in [3.63, 3.8) is 0 Å². The van der Waals surface area contributed by atoms with Crippen LogP contribution in [0, 0.1) is 23.4 Å². The highest BCUT2D eigenvalue weighted by Crippen LogP contribution is 2.20. The van der Waals surface area contributed by atoms with Crippen LogP contribution in [-0.4, -0.2) is 41.5 Å². The summed E-state index contributed by atoms with van der Waals surface area (Å²) in [6.07, 6.45) is 0.433. The smallest absolute Gasteiger partial charge is 0.307 e. The molecule has 1 amide bonds. The maximum Gasteiger partial charge on any atom is 0.307 e. The number of anilines is 1. The van der Waals surface area contributed by atoms with Gasteiger partial charge in [-0.2, -0.15) is 0 Å². The minimum absolute atomic E-state index is 0.137. The molecule has 1 fully saturated rings. The molecule has 0 radical (unpaired) electrons. The van der Waals surface area contributed by atoms with Gasteiger partial charge in [0.15, 0.2) is 17.5 Å². The number of hydrogen-bond donors (Lipinski definition) is 2. The van der Waals surface area contributed by atoms with E-state index in [4.69, 9.17) is 5.11 Å². The van der Waals surface area contributed by atoms with Gasteiger partial charge in [0.25, 0.3) is 0 Å². The van der Waals surface area contributed by atoms with E-state index in [1.54, 1.807) is 4.90 Å². The summed E-state index contributed by atoms with van der Waals surface area (Å²) >= 11 is 0. The fourth-order valence-corrected chi connectivity index (χ4v) is 2.19. The van der Waals surface area contributed by atoms with Crippen molar-refractivity contribution in [1.29, 1.82) is 0 Å². The van der Waals surface area contributed by atoms with Crippen LogP contribution < -0.4 is 5.32 Å². The Morgan fingerprint density at radius 3 is 2.62 bits per heavy atom. The molecule has 5 nitrogen and oxygen atoms in total. The van der Waals surface area contributed by atoms with Crippen molar-refractivity contribution in [3.8, 4) is 0 Å². The molecule has 0 saturated carbocycles. The normalized spacial score (nSPS) is 18.7. The van der Waals surface area contributed by atoms with Gasteiger partial charge in [0.2, 0.25) is 5.91 Å². The highest BCUT2D eigenvalue weighted by Gasteiger charge is 2.29. The number of likely N-dealkylation sites (tertiary alicyclic amines) is 1. The Morgan fingerprint density at radius 1 is 1.29 bits per heavy atom. The maximum atomic E-state index is 13.4. The number of carbonyl (C=O) groups is 2. The Balaban J connectivity index is 1.94. The third-order valence-electron chi connectivity index (χ3n) is 3.30. The Labute approximate surface area is 118 Å². The van der Waals surface area contributed by atoms with E-state index in [1.807, 2.05) is 0 Å². The van der Waals surface area contributed by atoms with Gasteiger partial charge in [-0.3, -0.25) is 14.5 Å². The predicted octanol–water partition coefficient (Wildman–Crippen LogP) is 1.45. The molecule has 1 aromatic rings. The topological polar surface area (TPSA) is 69.6 Å². The van der Waals surface area contributed by atoms with Gasteiger partial charge in [-0.15, -0.1) is 0 Å². The van der Waals surface area contributed by atoms with Crippen LogP contribution in [0.15, 0.2) is 12.1 Å². The Kier molecular flexibility index (Phi) is 4.46. The molecule has 0 bridgehead atoms. The first-order chi connectivity index (χ1) is 9.88. The van der Waals surface area contributed by atoms with E-state index in [-0.39, 0.29) is 13.1 Å². The molecule has 114 valence electrons. The second kappa shape index (κ2) is 6.13. The van der Waals surface area contributed by atoms with Crippen LogP contribution in [0.3, 0.4) is 0 Å². The summed E-state index contributed by atoms with van der Waals surface area (Å²) < 4.78 is 39.1. The predicted molar refractivity (Wildman–Crippen MR) is 67.1 cm³/mol. The van der Waals surface area contributed by atoms with Crippen molar-refractivity contribution in [2.75, 3.05) is 25.0 Å². The van der Waals surface area contributed by atoms with Crippen LogP contribution in [0.5, 0.6) is 0 Å². The number of benzene rings is 1. The molecule has 1 saturated heterocycles. The molecule has 2 rings (SSSR count). The number of carboxylic acids is 1. The fraction of sp³-hybridized carbons (Fsp3) is 0.385. The maximum absolute atomic E-state index is 13.4. The lowest BCUT2D eigenvalue weighted by molar-refractivity contribution is -0.141. The van der Waals surface area contributed by atoms with Crippen molar-refractivity contribution in [2.24, 2.45) is 5.92 Å². The summed E-state index contributed by atoms with van der Waals surface area (Å²) in [5.74, 6) is -6.53. The molecule has 0 aromatic heterocycles. The van der Waals surface area contributed by atoms with Crippen molar-refractivity contribution >= 4 is 17.6 Å². The van der Waals surface area contributed by atoms with Crippen molar-refractivity contribution in [2.45, 2.75) is 6.42 Å². The summed E-state index contributed by atoms with van der Waals surface area (Å²) in [7, 11) is 0. The monoisotopic (exact) mass is 302 g/mol. The molecule has 1 unspecified atom stereocenters. The summed E-state index contributed by atoms with van der Waals surface area (Å²) in [6.45, 7) is 0.524. The molecule has 1 aliphatic heterocycles. The lowest BCUT2D eigenvalue weighted by atomic mass is 10.1. The zero-order chi connectivity index (χ0) is 15.6. The van der Waals surface area contributed by atoms with Crippen LogP contribution >= 0.6 is 0 Å². The quantitative estimate of drug-likeness (QED) is 0.826. The largest absolute Gasteiger partial charge is 0.481 e. The first-order valence-corrected chi connectivity index (χ1v) is 6.27. The first kappa shape index (κ1) is 15.3. The summed E-state index contributed by atoms with van der Waals surface area (Å²) in [4.78, 5) is 24.1. The third-order valence-corrected chi connectivity index (χ3v) is 3.30. The van der Waals surface area contributed by atoms with E-state index in [0.29, 0.717) is 19.0 Å². The molecule has 0 aliphatic carbocycles.